The zero-order chi connectivity index (χ0) is 29.3. The Balaban J connectivity index is 1.78. The summed E-state index contributed by atoms with van der Waals surface area (Å²) in [5, 5.41) is 11.3. The molecule has 3 aromatic carbocycles. The first-order valence-corrected chi connectivity index (χ1v) is 17.0. The molecule has 0 amide bonds. The number of rotatable bonds is 10. The van der Waals surface area contributed by atoms with Crippen molar-refractivity contribution in [2.24, 2.45) is 0 Å². The van der Waals surface area contributed by atoms with Crippen LogP contribution in [-0.2, 0) is 0 Å². The fourth-order valence-corrected chi connectivity index (χ4v) is 12.1. The molecule has 0 saturated carbocycles. The number of aromatic carboxylic acids is 1. The van der Waals surface area contributed by atoms with Crippen LogP contribution in [0.5, 0.6) is 11.5 Å². The molecule has 0 atom stereocenters. The first-order chi connectivity index (χ1) is 19.6. The van der Waals surface area contributed by atoms with Crippen LogP contribution < -0.4 is 9.16 Å². The van der Waals surface area contributed by atoms with Crippen molar-refractivity contribution in [3.63, 3.8) is 0 Å². The predicted molar refractivity (Wildman–Crippen MR) is 169 cm³/mol. The summed E-state index contributed by atoms with van der Waals surface area (Å²) in [7, 11) is -2.42. The van der Waals surface area contributed by atoms with Gasteiger partial charge in [-0.3, -0.25) is 0 Å². The lowest BCUT2D eigenvalue weighted by molar-refractivity contribution is 0.0690. The van der Waals surface area contributed by atoms with Crippen molar-refractivity contribution in [2.45, 2.75) is 64.3 Å². The van der Waals surface area contributed by atoms with Crippen LogP contribution in [0.4, 0.5) is 0 Å². The first kappa shape index (κ1) is 28.8. The van der Waals surface area contributed by atoms with E-state index in [2.05, 4.69) is 46.5 Å². The van der Waals surface area contributed by atoms with Gasteiger partial charge in [-0.15, -0.1) is 11.3 Å². The fraction of sp³-hybridized carbons (Fsp3) is 0.303. The van der Waals surface area contributed by atoms with Gasteiger partial charge in [0.05, 0.1) is 10.2 Å². The van der Waals surface area contributed by atoms with E-state index in [4.69, 9.17) is 14.1 Å². The molecule has 0 spiro atoms. The molecule has 5 rings (SSSR count). The third-order valence-electron chi connectivity index (χ3n) is 7.99. The topological polar surface area (TPSA) is 81.5 Å². The molecule has 6 nitrogen and oxygen atoms in total. The van der Waals surface area contributed by atoms with Crippen LogP contribution >= 0.6 is 11.3 Å². The molecule has 2 heterocycles. The van der Waals surface area contributed by atoms with Gasteiger partial charge in [0, 0.05) is 5.39 Å². The summed E-state index contributed by atoms with van der Waals surface area (Å²) in [6.07, 6.45) is -0.547. The van der Waals surface area contributed by atoms with E-state index in [1.54, 1.807) is 11.6 Å². The number of aromatic nitrogens is 2. The number of carboxylic acid groups (broad SMARTS) is 1. The van der Waals surface area contributed by atoms with E-state index in [-0.39, 0.29) is 11.3 Å². The van der Waals surface area contributed by atoms with Crippen LogP contribution in [0, 0.1) is 0 Å². The highest BCUT2D eigenvalue weighted by molar-refractivity contribution is 7.16. The molecular formula is C33H36N2O4SSi. The zero-order valence-corrected chi connectivity index (χ0v) is 26.1. The number of fused-ring (bicyclic) bond motifs is 2. The van der Waals surface area contributed by atoms with Crippen molar-refractivity contribution < 1.29 is 19.1 Å². The number of benzene rings is 3. The van der Waals surface area contributed by atoms with Gasteiger partial charge < -0.3 is 14.3 Å². The number of ether oxygens (including phenoxy) is 1. The molecule has 0 unspecified atom stereocenters. The molecule has 0 saturated heterocycles. The second-order valence-corrected chi connectivity index (χ2v) is 17.6. The summed E-state index contributed by atoms with van der Waals surface area (Å²) in [6.45, 7) is 13.3. The Hall–Kier alpha value is -3.75. The van der Waals surface area contributed by atoms with Crippen LogP contribution in [0.15, 0.2) is 78.3 Å². The van der Waals surface area contributed by atoms with Gasteiger partial charge in [-0.1, -0.05) is 102 Å². The van der Waals surface area contributed by atoms with Gasteiger partial charge in [0.15, 0.2) is 11.4 Å². The molecule has 0 aliphatic carbocycles. The Morgan fingerprint density at radius 1 is 0.854 bits per heavy atom. The van der Waals surface area contributed by atoms with Crippen molar-refractivity contribution >= 4 is 46.9 Å². The lowest BCUT2D eigenvalue weighted by atomic mass is 10.0. The third kappa shape index (κ3) is 5.34. The third-order valence-corrected chi connectivity index (χ3v) is 14.7. The maximum Gasteiger partial charge on any atom is 0.339 e. The van der Waals surface area contributed by atoms with E-state index in [0.29, 0.717) is 33.5 Å². The molecule has 0 bridgehead atoms. The standard InChI is InChI=1S/C33H36N2O4SSi/c1-20(2)41(21(3)4,22(5)6)39-27-17-26(33(36)37)31(29-25(27)18-28-32(35-29)34-19-40-28)38-30(23-13-9-7-10-14-23)24-15-11-8-12-16-24/h7-22,30H,1-6H3,(H,36,37). The second kappa shape index (κ2) is 11.6. The van der Waals surface area contributed by atoms with Gasteiger partial charge in [-0.05, 0) is 39.9 Å². The fourth-order valence-electron chi connectivity index (χ4n) is 6.17. The van der Waals surface area contributed by atoms with Crippen LogP contribution in [0.2, 0.25) is 16.6 Å². The Bertz CT molecular complexity index is 1610. The maximum absolute atomic E-state index is 12.9. The molecule has 5 aromatic rings. The molecule has 0 aliphatic rings. The number of nitrogens with zero attached hydrogens (tertiary/aromatic N) is 2. The molecule has 212 valence electrons. The van der Waals surface area contributed by atoms with Crippen molar-refractivity contribution in [2.75, 3.05) is 0 Å². The summed E-state index contributed by atoms with van der Waals surface area (Å²) in [5.74, 6) is -0.345. The van der Waals surface area contributed by atoms with Gasteiger partial charge >= 0.3 is 5.97 Å². The van der Waals surface area contributed by atoms with Crippen LogP contribution in [-0.4, -0.2) is 29.4 Å². The molecule has 0 fully saturated rings. The van der Waals surface area contributed by atoms with E-state index in [0.717, 1.165) is 21.2 Å². The summed E-state index contributed by atoms with van der Waals surface area (Å²) in [4.78, 5) is 22.2. The number of carboxylic acids is 1. The van der Waals surface area contributed by atoms with E-state index >= 15 is 0 Å². The van der Waals surface area contributed by atoms with Crippen LogP contribution in [0.1, 0.15) is 69.1 Å². The average Bonchev–Trinajstić information content (AvgIpc) is 3.41. The van der Waals surface area contributed by atoms with E-state index in [1.807, 2.05) is 66.7 Å². The Morgan fingerprint density at radius 2 is 1.41 bits per heavy atom. The van der Waals surface area contributed by atoms with Crippen LogP contribution in [0.3, 0.4) is 0 Å². The van der Waals surface area contributed by atoms with Crippen molar-refractivity contribution in [1.82, 2.24) is 9.97 Å². The minimum absolute atomic E-state index is 0.0191. The average molecular weight is 585 g/mol. The lowest BCUT2D eigenvalue weighted by Crippen LogP contribution is -2.50. The lowest BCUT2D eigenvalue weighted by Gasteiger charge is -2.42. The summed E-state index contributed by atoms with van der Waals surface area (Å²) in [5.41, 5.74) is 5.50. The highest BCUT2D eigenvalue weighted by Crippen LogP contribution is 2.47. The highest BCUT2D eigenvalue weighted by Gasteiger charge is 2.47. The minimum Gasteiger partial charge on any atom is -0.542 e. The molecule has 1 N–H and O–H groups in total. The summed E-state index contributed by atoms with van der Waals surface area (Å²) < 4.78 is 14.8. The van der Waals surface area contributed by atoms with Gasteiger partial charge in [-0.2, -0.15) is 0 Å². The number of thiazole rings is 1. The van der Waals surface area contributed by atoms with E-state index in [9.17, 15) is 9.90 Å². The minimum atomic E-state index is -2.42. The predicted octanol–water partition coefficient (Wildman–Crippen LogP) is 9.27. The van der Waals surface area contributed by atoms with Crippen molar-refractivity contribution in [3.8, 4) is 11.5 Å². The molecule has 0 aliphatic heterocycles. The smallest absolute Gasteiger partial charge is 0.339 e. The monoisotopic (exact) mass is 584 g/mol. The number of hydrogen-bond donors (Lipinski definition) is 1. The first-order valence-electron chi connectivity index (χ1n) is 14.0. The van der Waals surface area contributed by atoms with Crippen LogP contribution in [0.25, 0.3) is 21.3 Å². The number of carbonyl (C=O) groups is 1. The van der Waals surface area contributed by atoms with Gasteiger partial charge in [0.25, 0.3) is 8.32 Å². The van der Waals surface area contributed by atoms with Gasteiger partial charge in [-0.25, -0.2) is 14.8 Å². The highest BCUT2D eigenvalue weighted by atomic mass is 32.1. The van der Waals surface area contributed by atoms with Gasteiger partial charge in [0.1, 0.15) is 22.9 Å². The van der Waals surface area contributed by atoms with E-state index < -0.39 is 20.4 Å². The molecule has 8 heteroatoms. The summed E-state index contributed by atoms with van der Waals surface area (Å²) in [6, 6.07) is 23.3. The Kier molecular flexibility index (Phi) is 8.15. The molecule has 2 aromatic heterocycles. The number of hydrogen-bond acceptors (Lipinski definition) is 6. The largest absolute Gasteiger partial charge is 0.542 e. The Labute approximate surface area is 246 Å². The number of pyridine rings is 1. The SMILES string of the molecule is CC(C)[Si](Oc1cc(C(=O)O)c(OC(c2ccccc2)c2ccccc2)c2nc3ncsc3cc12)(C(C)C)C(C)C. The van der Waals surface area contributed by atoms with Crippen molar-refractivity contribution in [3.05, 3.63) is 95.0 Å². The zero-order valence-electron chi connectivity index (χ0n) is 24.3. The second-order valence-electron chi connectivity index (χ2n) is 11.4. The molecule has 0 radical (unpaired) electrons. The van der Waals surface area contributed by atoms with Gasteiger partial charge in [0.2, 0.25) is 0 Å². The van der Waals surface area contributed by atoms with E-state index in [1.165, 1.54) is 11.3 Å². The van der Waals surface area contributed by atoms with Crippen molar-refractivity contribution in [1.29, 1.82) is 0 Å². The molecule has 41 heavy (non-hydrogen) atoms. The maximum atomic E-state index is 12.9. The normalized spacial score (nSPS) is 12.2. The Morgan fingerprint density at radius 3 is 1.93 bits per heavy atom. The molecular weight excluding hydrogens is 549 g/mol. The quantitative estimate of drug-likeness (QED) is 0.165. The summed E-state index contributed by atoms with van der Waals surface area (Å²) >= 11 is 1.50.